The van der Waals surface area contributed by atoms with Crippen LogP contribution in [0.2, 0.25) is 0 Å². The molecule has 1 N–H and O–H groups in total. The van der Waals surface area contributed by atoms with Crippen LogP contribution >= 0.6 is 15.9 Å². The number of hydrogen-bond donors (Lipinski definition) is 1. The number of carbonyl (C=O) groups excluding carboxylic acids is 3. The Labute approximate surface area is 175 Å². The van der Waals surface area contributed by atoms with Crippen LogP contribution < -0.4 is 10.1 Å². The summed E-state index contributed by atoms with van der Waals surface area (Å²) >= 11 is 3.40. The van der Waals surface area contributed by atoms with Gasteiger partial charge in [0.05, 0.1) is 19.8 Å². The summed E-state index contributed by atoms with van der Waals surface area (Å²) in [7, 11) is 1.23. The number of esters is 1. The molecule has 2 aromatic rings. The number of benzene rings is 1. The molecule has 1 saturated heterocycles. The van der Waals surface area contributed by atoms with Crippen molar-refractivity contribution in [1.29, 1.82) is 0 Å². The normalized spacial score (nSPS) is 15.2. The number of rotatable bonds is 6. The van der Waals surface area contributed by atoms with Gasteiger partial charge >= 0.3 is 12.0 Å². The van der Waals surface area contributed by atoms with Gasteiger partial charge in [-0.1, -0.05) is 15.9 Å². The molecule has 1 aliphatic heterocycles. The molecule has 9 heteroatoms. The smallest absolute Gasteiger partial charge is 0.373 e. The SMILES string of the molecule is COC(=O)c1ccc(CN2C(=O)NC(=Cc3cc(Br)ccc3OC(C)C)C2=O)o1. The molecule has 3 rings (SSSR count). The van der Waals surface area contributed by atoms with Crippen LogP contribution in [0.1, 0.15) is 35.7 Å². The standard InChI is InChI=1S/C20H19BrN2O6/c1-11(2)28-16-6-4-13(21)8-12(16)9-15-18(24)23(20(26)22-15)10-14-5-7-17(29-14)19(25)27-3/h4-9,11H,10H2,1-3H3,(H,22,26). The molecule has 0 atom stereocenters. The molecule has 3 amide bonds. The molecule has 0 spiro atoms. The quantitative estimate of drug-likeness (QED) is 0.399. The summed E-state index contributed by atoms with van der Waals surface area (Å²) < 4.78 is 16.5. The fourth-order valence-electron chi connectivity index (χ4n) is 2.69. The third kappa shape index (κ3) is 4.68. The van der Waals surface area contributed by atoms with Gasteiger partial charge in [-0.25, -0.2) is 9.59 Å². The minimum atomic E-state index is -0.638. The van der Waals surface area contributed by atoms with Crippen LogP contribution in [0.5, 0.6) is 5.75 Å². The van der Waals surface area contributed by atoms with Crippen molar-refractivity contribution in [2.75, 3.05) is 7.11 Å². The maximum atomic E-state index is 12.7. The van der Waals surface area contributed by atoms with Crippen LogP contribution in [0.25, 0.3) is 6.08 Å². The largest absolute Gasteiger partial charge is 0.490 e. The summed E-state index contributed by atoms with van der Waals surface area (Å²) in [6.07, 6.45) is 1.51. The summed E-state index contributed by atoms with van der Waals surface area (Å²) in [5.41, 5.74) is 0.756. The molecular formula is C20H19BrN2O6. The lowest BCUT2D eigenvalue weighted by Gasteiger charge is -2.13. The number of methoxy groups -OCH3 is 1. The summed E-state index contributed by atoms with van der Waals surface area (Å²) in [6, 6.07) is 7.76. The van der Waals surface area contributed by atoms with E-state index in [1.54, 1.807) is 18.2 Å². The maximum Gasteiger partial charge on any atom is 0.373 e. The summed E-state index contributed by atoms with van der Waals surface area (Å²) in [5, 5.41) is 2.56. The first-order chi connectivity index (χ1) is 13.8. The van der Waals surface area contributed by atoms with Crippen LogP contribution in [0.4, 0.5) is 4.79 Å². The van der Waals surface area contributed by atoms with E-state index in [1.807, 2.05) is 19.9 Å². The zero-order valence-electron chi connectivity index (χ0n) is 16.0. The van der Waals surface area contributed by atoms with Gasteiger partial charge in [0, 0.05) is 10.0 Å². The lowest BCUT2D eigenvalue weighted by atomic mass is 10.1. The predicted octanol–water partition coefficient (Wildman–Crippen LogP) is 3.71. The van der Waals surface area contributed by atoms with Crippen molar-refractivity contribution in [1.82, 2.24) is 10.2 Å². The highest BCUT2D eigenvalue weighted by molar-refractivity contribution is 9.10. The maximum absolute atomic E-state index is 12.7. The summed E-state index contributed by atoms with van der Waals surface area (Å²) in [5.74, 6) is -0.288. The highest BCUT2D eigenvalue weighted by Crippen LogP contribution is 2.27. The van der Waals surface area contributed by atoms with E-state index in [9.17, 15) is 14.4 Å². The van der Waals surface area contributed by atoms with Crippen molar-refractivity contribution in [3.05, 3.63) is 57.6 Å². The van der Waals surface area contributed by atoms with Crippen LogP contribution in [0, 0.1) is 0 Å². The number of carbonyl (C=O) groups is 3. The second-order valence-electron chi connectivity index (χ2n) is 6.49. The van der Waals surface area contributed by atoms with Crippen LogP contribution in [0.15, 0.2) is 44.9 Å². The number of imide groups is 1. The predicted molar refractivity (Wildman–Crippen MR) is 107 cm³/mol. The van der Waals surface area contributed by atoms with Crippen LogP contribution in [-0.2, 0) is 16.1 Å². The number of halogens is 1. The van der Waals surface area contributed by atoms with Gasteiger partial charge in [-0.05, 0) is 50.3 Å². The zero-order valence-corrected chi connectivity index (χ0v) is 17.6. The third-order valence-electron chi connectivity index (χ3n) is 3.96. The number of nitrogens with one attached hydrogen (secondary N) is 1. The van der Waals surface area contributed by atoms with E-state index in [2.05, 4.69) is 26.0 Å². The highest BCUT2D eigenvalue weighted by atomic mass is 79.9. The number of ether oxygens (including phenoxy) is 2. The van der Waals surface area contributed by atoms with Gasteiger partial charge in [-0.3, -0.25) is 9.69 Å². The Morgan fingerprint density at radius 2 is 2.03 bits per heavy atom. The van der Waals surface area contributed by atoms with Gasteiger partial charge in [-0.15, -0.1) is 0 Å². The molecule has 1 fully saturated rings. The van der Waals surface area contributed by atoms with Crippen molar-refractivity contribution in [2.45, 2.75) is 26.5 Å². The minimum Gasteiger partial charge on any atom is -0.490 e. The number of amides is 3. The lowest BCUT2D eigenvalue weighted by Crippen LogP contribution is -2.30. The first-order valence-electron chi connectivity index (χ1n) is 8.76. The molecular weight excluding hydrogens is 444 g/mol. The fourth-order valence-corrected chi connectivity index (χ4v) is 3.07. The first kappa shape index (κ1) is 20.7. The molecule has 1 aliphatic rings. The number of urea groups is 1. The lowest BCUT2D eigenvalue weighted by molar-refractivity contribution is -0.123. The van der Waals surface area contributed by atoms with E-state index in [4.69, 9.17) is 9.15 Å². The monoisotopic (exact) mass is 462 g/mol. The summed E-state index contributed by atoms with van der Waals surface area (Å²) in [4.78, 5) is 37.5. The molecule has 0 unspecified atom stereocenters. The topological polar surface area (TPSA) is 98.1 Å². The molecule has 2 heterocycles. The molecule has 29 heavy (non-hydrogen) atoms. The van der Waals surface area contributed by atoms with Crippen molar-refractivity contribution in [2.24, 2.45) is 0 Å². The Balaban J connectivity index is 1.83. The molecule has 0 aliphatic carbocycles. The minimum absolute atomic E-state index is 0.00469. The third-order valence-corrected chi connectivity index (χ3v) is 4.45. The van der Waals surface area contributed by atoms with Gasteiger partial charge in [0.25, 0.3) is 5.91 Å². The van der Waals surface area contributed by atoms with Crippen LogP contribution in [0.3, 0.4) is 0 Å². The van der Waals surface area contributed by atoms with Crippen molar-refractivity contribution >= 4 is 39.9 Å². The Kier molecular flexibility index (Phi) is 6.07. The molecule has 8 nitrogen and oxygen atoms in total. The molecule has 0 radical (unpaired) electrons. The molecule has 1 aromatic carbocycles. The average Bonchev–Trinajstić information content (AvgIpc) is 3.24. The Morgan fingerprint density at radius 3 is 2.72 bits per heavy atom. The molecule has 1 aromatic heterocycles. The number of nitrogens with zero attached hydrogens (tertiary/aromatic N) is 1. The Morgan fingerprint density at radius 1 is 1.28 bits per heavy atom. The van der Waals surface area contributed by atoms with E-state index in [1.165, 1.54) is 19.2 Å². The van der Waals surface area contributed by atoms with E-state index in [-0.39, 0.29) is 29.9 Å². The average molecular weight is 463 g/mol. The first-order valence-corrected chi connectivity index (χ1v) is 9.55. The number of hydrogen-bond acceptors (Lipinski definition) is 6. The zero-order chi connectivity index (χ0) is 21.1. The second-order valence-corrected chi connectivity index (χ2v) is 7.40. The highest BCUT2D eigenvalue weighted by Gasteiger charge is 2.34. The number of furan rings is 1. The molecule has 0 bridgehead atoms. The molecule has 152 valence electrons. The second kappa shape index (κ2) is 8.52. The van der Waals surface area contributed by atoms with Gasteiger partial charge in [0.15, 0.2) is 0 Å². The Bertz CT molecular complexity index is 995. The van der Waals surface area contributed by atoms with Crippen molar-refractivity contribution < 1.29 is 28.3 Å². The molecule has 0 saturated carbocycles. The van der Waals surface area contributed by atoms with Gasteiger partial charge in [0.1, 0.15) is 17.2 Å². The Hall–Kier alpha value is -3.07. The van der Waals surface area contributed by atoms with Gasteiger partial charge in [0.2, 0.25) is 5.76 Å². The fraction of sp³-hybridized carbons (Fsp3) is 0.250. The van der Waals surface area contributed by atoms with Gasteiger partial charge < -0.3 is 19.2 Å². The van der Waals surface area contributed by atoms with Crippen molar-refractivity contribution in [3.8, 4) is 5.75 Å². The van der Waals surface area contributed by atoms with E-state index >= 15 is 0 Å². The van der Waals surface area contributed by atoms with Crippen molar-refractivity contribution in [3.63, 3.8) is 0 Å². The van der Waals surface area contributed by atoms with Gasteiger partial charge in [-0.2, -0.15) is 0 Å². The van der Waals surface area contributed by atoms with E-state index in [0.717, 1.165) is 9.37 Å². The van der Waals surface area contributed by atoms with Crippen LogP contribution in [-0.4, -0.2) is 36.0 Å². The van der Waals surface area contributed by atoms with E-state index < -0.39 is 17.9 Å². The van der Waals surface area contributed by atoms with E-state index in [0.29, 0.717) is 11.3 Å². The summed E-state index contributed by atoms with van der Waals surface area (Å²) in [6.45, 7) is 3.68.